The van der Waals surface area contributed by atoms with Crippen LogP contribution in [0.25, 0.3) is 5.13 Å². The third-order valence-electron chi connectivity index (χ3n) is 6.12. The molecule has 1 N–H and O–H groups in total. The number of benzene rings is 1. The highest BCUT2D eigenvalue weighted by molar-refractivity contribution is 7.80. The Balaban J connectivity index is 1.66. The van der Waals surface area contributed by atoms with Gasteiger partial charge in [0.2, 0.25) is 0 Å². The van der Waals surface area contributed by atoms with Gasteiger partial charge < -0.3 is 10.2 Å². The van der Waals surface area contributed by atoms with E-state index in [2.05, 4.69) is 81.9 Å². The Morgan fingerprint density at radius 1 is 1.06 bits per heavy atom. The SMILES string of the molecule is CCc1ccc(N2C(=S)N[C@@H](c3ccccn3)[C@H]2c2cc(C)n(-c3nccs3)c2C)cc1. The van der Waals surface area contributed by atoms with Crippen LogP contribution in [0.3, 0.4) is 0 Å². The molecule has 5 rings (SSSR count). The second-order valence-electron chi connectivity index (χ2n) is 7.99. The third-order valence-corrected chi connectivity index (χ3v) is 7.19. The van der Waals surface area contributed by atoms with Crippen LogP contribution in [0.2, 0.25) is 0 Å². The van der Waals surface area contributed by atoms with Crippen LogP contribution in [0, 0.1) is 13.8 Å². The van der Waals surface area contributed by atoms with E-state index in [1.54, 1.807) is 11.3 Å². The van der Waals surface area contributed by atoms with Crippen molar-refractivity contribution < 1.29 is 0 Å². The first-order chi connectivity index (χ1) is 15.6. The summed E-state index contributed by atoms with van der Waals surface area (Å²) in [6, 6.07) is 16.9. The number of pyridine rings is 1. The Morgan fingerprint density at radius 2 is 1.88 bits per heavy atom. The molecule has 32 heavy (non-hydrogen) atoms. The molecule has 4 aromatic rings. The van der Waals surface area contributed by atoms with Crippen LogP contribution in [0.1, 0.15) is 47.2 Å². The molecule has 1 aliphatic rings. The van der Waals surface area contributed by atoms with E-state index >= 15 is 0 Å². The lowest BCUT2D eigenvalue weighted by molar-refractivity contribution is 0.565. The molecule has 0 aliphatic carbocycles. The van der Waals surface area contributed by atoms with Crippen molar-refractivity contribution >= 4 is 34.4 Å². The van der Waals surface area contributed by atoms with Crippen LogP contribution in [-0.2, 0) is 6.42 Å². The minimum atomic E-state index is -0.0557. The van der Waals surface area contributed by atoms with Crippen molar-refractivity contribution in [2.75, 3.05) is 4.90 Å². The smallest absolute Gasteiger partial charge is 0.193 e. The molecule has 1 aliphatic heterocycles. The minimum absolute atomic E-state index is 0.0233. The maximum absolute atomic E-state index is 5.87. The van der Waals surface area contributed by atoms with E-state index in [1.807, 2.05) is 29.9 Å². The van der Waals surface area contributed by atoms with E-state index in [9.17, 15) is 0 Å². The Bertz CT molecular complexity index is 1230. The third kappa shape index (κ3) is 3.51. The van der Waals surface area contributed by atoms with Crippen molar-refractivity contribution in [2.45, 2.75) is 39.3 Å². The Morgan fingerprint density at radius 3 is 2.53 bits per heavy atom. The van der Waals surface area contributed by atoms with Crippen molar-refractivity contribution in [3.05, 3.63) is 94.5 Å². The molecule has 0 radical (unpaired) electrons. The van der Waals surface area contributed by atoms with Gasteiger partial charge in [0.05, 0.1) is 17.8 Å². The van der Waals surface area contributed by atoms with Crippen LogP contribution in [0.15, 0.2) is 66.3 Å². The number of hydrogen-bond donors (Lipinski definition) is 1. The molecule has 2 atom stereocenters. The van der Waals surface area contributed by atoms with Crippen LogP contribution < -0.4 is 10.2 Å². The number of rotatable bonds is 5. The fourth-order valence-corrected chi connectivity index (χ4v) is 5.65. The van der Waals surface area contributed by atoms with Crippen LogP contribution in [-0.4, -0.2) is 19.6 Å². The first kappa shape index (κ1) is 20.8. The highest BCUT2D eigenvalue weighted by Gasteiger charge is 2.42. The second-order valence-corrected chi connectivity index (χ2v) is 9.25. The summed E-state index contributed by atoms with van der Waals surface area (Å²) in [4.78, 5) is 11.5. The molecule has 0 unspecified atom stereocenters. The van der Waals surface area contributed by atoms with E-state index in [1.165, 1.54) is 16.8 Å². The van der Waals surface area contributed by atoms with Gasteiger partial charge in [0, 0.05) is 34.8 Å². The topological polar surface area (TPSA) is 46.0 Å². The van der Waals surface area contributed by atoms with Gasteiger partial charge in [0.25, 0.3) is 0 Å². The van der Waals surface area contributed by atoms with Gasteiger partial charge >= 0.3 is 0 Å². The van der Waals surface area contributed by atoms with Gasteiger partial charge in [-0.1, -0.05) is 25.1 Å². The zero-order valence-electron chi connectivity index (χ0n) is 18.3. The highest BCUT2D eigenvalue weighted by atomic mass is 32.1. The number of hydrogen-bond acceptors (Lipinski definition) is 4. The summed E-state index contributed by atoms with van der Waals surface area (Å²) >= 11 is 7.51. The Labute approximate surface area is 197 Å². The zero-order chi connectivity index (χ0) is 22.2. The molecule has 0 saturated carbocycles. The van der Waals surface area contributed by atoms with E-state index in [0.29, 0.717) is 5.11 Å². The summed E-state index contributed by atoms with van der Waals surface area (Å²) in [7, 11) is 0. The normalized spacial score (nSPS) is 18.2. The van der Waals surface area contributed by atoms with E-state index in [-0.39, 0.29) is 12.1 Å². The molecule has 0 amide bonds. The Kier molecular flexibility index (Phi) is 5.53. The van der Waals surface area contributed by atoms with Crippen molar-refractivity contribution in [1.29, 1.82) is 0 Å². The average molecular weight is 460 g/mol. The average Bonchev–Trinajstić information content (AvgIpc) is 3.52. The zero-order valence-corrected chi connectivity index (χ0v) is 20.0. The van der Waals surface area contributed by atoms with Crippen molar-refractivity contribution in [3.63, 3.8) is 0 Å². The predicted octanol–water partition coefficient (Wildman–Crippen LogP) is 5.69. The molecule has 4 heterocycles. The molecule has 162 valence electrons. The summed E-state index contributed by atoms with van der Waals surface area (Å²) in [5.74, 6) is 0. The number of nitrogens with one attached hydrogen (secondary N) is 1. The maximum Gasteiger partial charge on any atom is 0.193 e. The summed E-state index contributed by atoms with van der Waals surface area (Å²) in [6.07, 6.45) is 4.70. The maximum atomic E-state index is 5.87. The summed E-state index contributed by atoms with van der Waals surface area (Å²) < 4.78 is 2.23. The number of aromatic nitrogens is 3. The van der Waals surface area contributed by atoms with Crippen molar-refractivity contribution in [3.8, 4) is 5.13 Å². The largest absolute Gasteiger partial charge is 0.351 e. The van der Waals surface area contributed by atoms with E-state index in [4.69, 9.17) is 12.2 Å². The van der Waals surface area contributed by atoms with Gasteiger partial charge in [-0.25, -0.2) is 4.98 Å². The van der Waals surface area contributed by atoms with Gasteiger partial charge in [-0.3, -0.25) is 9.55 Å². The van der Waals surface area contributed by atoms with Gasteiger partial charge in [0.15, 0.2) is 10.2 Å². The number of nitrogens with zero attached hydrogens (tertiary/aromatic N) is 4. The van der Waals surface area contributed by atoms with Crippen molar-refractivity contribution in [1.82, 2.24) is 19.9 Å². The molecule has 3 aromatic heterocycles. The fraction of sp³-hybridized carbons (Fsp3) is 0.240. The minimum Gasteiger partial charge on any atom is -0.351 e. The van der Waals surface area contributed by atoms with Gasteiger partial charge in [-0.15, -0.1) is 11.3 Å². The number of thiazole rings is 1. The number of thiocarbonyl (C=S) groups is 1. The van der Waals surface area contributed by atoms with Gasteiger partial charge in [0.1, 0.15) is 0 Å². The van der Waals surface area contributed by atoms with Crippen LogP contribution in [0.5, 0.6) is 0 Å². The van der Waals surface area contributed by atoms with Crippen LogP contribution in [0.4, 0.5) is 5.69 Å². The summed E-state index contributed by atoms with van der Waals surface area (Å²) in [5, 5.41) is 7.27. The standard InChI is InChI=1S/C25H25N5S2/c1-4-18-8-10-19(11-9-18)30-23(22(28-24(30)31)21-7-5-6-12-26-21)20-15-16(2)29(17(20)3)25-27-13-14-32-25/h5-15,22-23H,4H2,1-3H3,(H,28,31)/t22-,23+/m0/s1. The summed E-state index contributed by atoms with van der Waals surface area (Å²) in [6.45, 7) is 6.47. The fourth-order valence-electron chi connectivity index (χ4n) is 4.55. The first-order valence-electron chi connectivity index (χ1n) is 10.8. The van der Waals surface area contributed by atoms with E-state index in [0.717, 1.165) is 28.6 Å². The molecule has 7 heteroatoms. The molecule has 1 fully saturated rings. The number of aryl methyl sites for hydroxylation is 2. The quantitative estimate of drug-likeness (QED) is 0.389. The Hall–Kier alpha value is -3.03. The summed E-state index contributed by atoms with van der Waals surface area (Å²) in [5.41, 5.74) is 6.93. The molecule has 5 nitrogen and oxygen atoms in total. The molecule has 0 spiro atoms. The molecular weight excluding hydrogens is 434 g/mol. The van der Waals surface area contributed by atoms with Crippen LogP contribution >= 0.6 is 23.6 Å². The molecule has 0 bridgehead atoms. The van der Waals surface area contributed by atoms with Gasteiger partial charge in [-0.2, -0.15) is 0 Å². The monoisotopic (exact) mass is 459 g/mol. The molecule has 1 saturated heterocycles. The van der Waals surface area contributed by atoms with Crippen molar-refractivity contribution in [2.24, 2.45) is 0 Å². The first-order valence-corrected chi connectivity index (χ1v) is 12.1. The lowest BCUT2D eigenvalue weighted by Crippen LogP contribution is -2.29. The lowest BCUT2D eigenvalue weighted by Gasteiger charge is -2.28. The van der Waals surface area contributed by atoms with Gasteiger partial charge in [-0.05, 0) is 73.9 Å². The second kappa shape index (κ2) is 8.48. The van der Waals surface area contributed by atoms with E-state index < -0.39 is 0 Å². The molecule has 1 aromatic carbocycles. The highest BCUT2D eigenvalue weighted by Crippen LogP contribution is 2.43. The number of anilines is 1. The lowest BCUT2D eigenvalue weighted by atomic mass is 9.96. The predicted molar refractivity (Wildman–Crippen MR) is 135 cm³/mol. The molecular formula is C25H25N5S2.